The summed E-state index contributed by atoms with van der Waals surface area (Å²) in [5.41, 5.74) is 11.4. The van der Waals surface area contributed by atoms with Crippen LogP contribution >= 0.6 is 0 Å². The van der Waals surface area contributed by atoms with E-state index in [9.17, 15) is 9.90 Å². The minimum absolute atomic E-state index is 0.153. The van der Waals surface area contributed by atoms with Gasteiger partial charge in [0.05, 0.1) is 16.4 Å². The van der Waals surface area contributed by atoms with Gasteiger partial charge in [-0.2, -0.15) is 0 Å². The monoisotopic (exact) mass is 344 g/mol. The van der Waals surface area contributed by atoms with E-state index in [4.69, 9.17) is 5.73 Å². The zero-order valence-electron chi connectivity index (χ0n) is 14.8. The van der Waals surface area contributed by atoms with Gasteiger partial charge in [0.15, 0.2) is 0 Å². The number of hydrogen-bond donors (Lipinski definition) is 2. The van der Waals surface area contributed by atoms with E-state index in [1.54, 1.807) is 12.1 Å². The summed E-state index contributed by atoms with van der Waals surface area (Å²) in [6.45, 7) is 4.81. The molecule has 0 saturated heterocycles. The first kappa shape index (κ1) is 16.2. The third-order valence-corrected chi connectivity index (χ3v) is 4.78. The predicted octanol–water partition coefficient (Wildman–Crippen LogP) is 4.26. The summed E-state index contributed by atoms with van der Waals surface area (Å²) in [7, 11) is 0. The van der Waals surface area contributed by atoms with Gasteiger partial charge in [-0.3, -0.25) is 4.79 Å². The number of rotatable bonds is 3. The van der Waals surface area contributed by atoms with Crippen molar-refractivity contribution in [3.63, 3.8) is 0 Å². The Morgan fingerprint density at radius 3 is 2.23 bits per heavy atom. The molecule has 4 rings (SSSR count). The molecule has 3 aromatic carbocycles. The molecule has 0 aliphatic heterocycles. The van der Waals surface area contributed by atoms with Crippen molar-refractivity contribution in [2.24, 2.45) is 5.73 Å². The number of hydrogen-bond acceptors (Lipinski definition) is 2. The van der Waals surface area contributed by atoms with Crippen LogP contribution in [0.4, 0.5) is 0 Å². The van der Waals surface area contributed by atoms with Crippen LogP contribution in [-0.4, -0.2) is 15.6 Å². The molecular formula is C22H20N2O2. The van der Waals surface area contributed by atoms with E-state index in [0.717, 1.165) is 11.0 Å². The topological polar surface area (TPSA) is 68.2 Å². The quantitative estimate of drug-likeness (QED) is 0.583. The lowest BCUT2D eigenvalue weighted by Gasteiger charge is -2.10. The number of phenols is 1. The smallest absolute Gasteiger partial charge is 0.249 e. The van der Waals surface area contributed by atoms with Crippen LogP contribution in [0.1, 0.15) is 27.0 Å². The fourth-order valence-electron chi connectivity index (χ4n) is 3.89. The van der Waals surface area contributed by atoms with Crippen molar-refractivity contribution in [2.75, 3.05) is 0 Å². The van der Waals surface area contributed by atoms with Crippen LogP contribution in [0.3, 0.4) is 0 Å². The van der Waals surface area contributed by atoms with Crippen LogP contribution in [0.25, 0.3) is 21.8 Å². The number of nitrogens with zero attached hydrogens (tertiary/aromatic N) is 1. The Balaban J connectivity index is 2.06. The molecule has 0 bridgehead atoms. The number of carbonyl (C=O) groups excluding carboxylic acids is 1. The highest BCUT2D eigenvalue weighted by Crippen LogP contribution is 2.37. The summed E-state index contributed by atoms with van der Waals surface area (Å²) in [6, 6.07) is 17.4. The van der Waals surface area contributed by atoms with E-state index in [1.807, 2.05) is 24.3 Å². The molecule has 0 aliphatic carbocycles. The Hall–Kier alpha value is -3.27. The van der Waals surface area contributed by atoms with Gasteiger partial charge >= 0.3 is 0 Å². The zero-order chi connectivity index (χ0) is 18.4. The van der Waals surface area contributed by atoms with Gasteiger partial charge in [0, 0.05) is 17.5 Å². The molecule has 0 saturated carbocycles. The molecule has 1 amide bonds. The Kier molecular flexibility index (Phi) is 3.69. The molecule has 0 spiro atoms. The molecule has 0 aliphatic rings. The van der Waals surface area contributed by atoms with E-state index < -0.39 is 5.91 Å². The maximum Gasteiger partial charge on any atom is 0.249 e. The van der Waals surface area contributed by atoms with Crippen molar-refractivity contribution in [2.45, 2.75) is 20.4 Å². The second-order valence-corrected chi connectivity index (χ2v) is 6.82. The lowest BCUT2D eigenvalue weighted by molar-refractivity contribution is 0.100. The fourth-order valence-corrected chi connectivity index (χ4v) is 3.89. The molecule has 0 unspecified atom stereocenters. The van der Waals surface area contributed by atoms with Crippen LogP contribution in [0, 0.1) is 13.8 Å². The normalized spacial score (nSPS) is 11.3. The number of phenolic OH excluding ortho intramolecular Hbond substituents is 1. The number of primary amides is 1. The number of carbonyl (C=O) groups is 1. The van der Waals surface area contributed by atoms with Crippen LogP contribution in [0.2, 0.25) is 0 Å². The lowest BCUT2D eigenvalue weighted by atomic mass is 10.1. The van der Waals surface area contributed by atoms with Crippen molar-refractivity contribution < 1.29 is 9.90 Å². The van der Waals surface area contributed by atoms with Gasteiger partial charge < -0.3 is 15.4 Å². The second-order valence-electron chi connectivity index (χ2n) is 6.82. The number of aromatic hydroxyl groups is 1. The predicted molar refractivity (Wildman–Crippen MR) is 105 cm³/mol. The summed E-state index contributed by atoms with van der Waals surface area (Å²) in [4.78, 5) is 12.0. The van der Waals surface area contributed by atoms with Crippen molar-refractivity contribution >= 4 is 27.7 Å². The van der Waals surface area contributed by atoms with Gasteiger partial charge in [-0.05, 0) is 43.7 Å². The molecule has 0 fully saturated rings. The number of fused-ring (bicyclic) bond motifs is 3. The Bertz CT molecular complexity index is 1150. The molecule has 3 N–H and O–H groups in total. The van der Waals surface area contributed by atoms with E-state index in [2.05, 4.69) is 36.6 Å². The van der Waals surface area contributed by atoms with Crippen LogP contribution in [0.15, 0.2) is 54.6 Å². The molecule has 1 aromatic heterocycles. The van der Waals surface area contributed by atoms with Gasteiger partial charge in [0.1, 0.15) is 5.75 Å². The number of amides is 1. The maximum atomic E-state index is 12.0. The summed E-state index contributed by atoms with van der Waals surface area (Å²) in [5.74, 6) is -0.343. The molecule has 0 radical (unpaired) electrons. The molecule has 130 valence electrons. The first-order chi connectivity index (χ1) is 12.5. The van der Waals surface area contributed by atoms with E-state index in [-0.39, 0.29) is 5.75 Å². The number of benzene rings is 3. The maximum absolute atomic E-state index is 12.0. The standard InChI is InChI=1S/C22H20N2O2/c1-13-9-14(2)11-15(10-13)12-24-17-6-3-5-16(22(23)26)20(17)21-18(24)7-4-8-19(21)25/h3-11,25H,12H2,1-2H3,(H2,23,26). The first-order valence-electron chi connectivity index (χ1n) is 8.55. The third-order valence-electron chi connectivity index (χ3n) is 4.78. The summed E-state index contributed by atoms with van der Waals surface area (Å²) in [6.07, 6.45) is 0. The van der Waals surface area contributed by atoms with E-state index >= 15 is 0 Å². The summed E-state index contributed by atoms with van der Waals surface area (Å²) in [5, 5.41) is 11.9. The highest BCUT2D eigenvalue weighted by molar-refractivity contribution is 6.19. The van der Waals surface area contributed by atoms with E-state index in [1.165, 1.54) is 16.7 Å². The Morgan fingerprint density at radius 1 is 0.962 bits per heavy atom. The Labute approximate surface area is 151 Å². The zero-order valence-corrected chi connectivity index (χ0v) is 14.8. The summed E-state index contributed by atoms with van der Waals surface area (Å²) >= 11 is 0. The molecule has 1 heterocycles. The van der Waals surface area contributed by atoms with Gasteiger partial charge in [0.2, 0.25) is 5.91 Å². The second kappa shape index (κ2) is 5.92. The first-order valence-corrected chi connectivity index (χ1v) is 8.55. The van der Waals surface area contributed by atoms with Crippen LogP contribution < -0.4 is 5.73 Å². The lowest BCUT2D eigenvalue weighted by Crippen LogP contribution is -2.11. The minimum Gasteiger partial charge on any atom is -0.507 e. The third kappa shape index (κ3) is 2.51. The van der Waals surface area contributed by atoms with Crippen LogP contribution in [0.5, 0.6) is 5.75 Å². The molecule has 0 atom stereocenters. The molecular weight excluding hydrogens is 324 g/mol. The van der Waals surface area contributed by atoms with Gasteiger partial charge in [0.25, 0.3) is 0 Å². The summed E-state index contributed by atoms with van der Waals surface area (Å²) < 4.78 is 2.13. The van der Waals surface area contributed by atoms with Crippen molar-refractivity contribution in [1.29, 1.82) is 0 Å². The average molecular weight is 344 g/mol. The molecule has 4 heteroatoms. The fraction of sp³-hybridized carbons (Fsp3) is 0.136. The minimum atomic E-state index is -0.496. The largest absolute Gasteiger partial charge is 0.507 e. The van der Waals surface area contributed by atoms with E-state index in [0.29, 0.717) is 22.9 Å². The van der Waals surface area contributed by atoms with Gasteiger partial charge in [-0.1, -0.05) is 41.5 Å². The molecule has 26 heavy (non-hydrogen) atoms. The SMILES string of the molecule is Cc1cc(C)cc(Cn2c3cccc(O)c3c3c(C(N)=O)cccc32)c1. The number of aromatic nitrogens is 1. The van der Waals surface area contributed by atoms with Gasteiger partial charge in [-0.15, -0.1) is 0 Å². The highest BCUT2D eigenvalue weighted by Gasteiger charge is 2.18. The van der Waals surface area contributed by atoms with Crippen molar-refractivity contribution in [1.82, 2.24) is 4.57 Å². The highest BCUT2D eigenvalue weighted by atomic mass is 16.3. The molecule has 4 nitrogen and oxygen atoms in total. The number of aryl methyl sites for hydroxylation is 2. The van der Waals surface area contributed by atoms with Gasteiger partial charge in [-0.25, -0.2) is 0 Å². The average Bonchev–Trinajstić information content (AvgIpc) is 2.89. The van der Waals surface area contributed by atoms with Crippen molar-refractivity contribution in [3.05, 3.63) is 76.9 Å². The Morgan fingerprint density at radius 2 is 1.58 bits per heavy atom. The van der Waals surface area contributed by atoms with Crippen molar-refractivity contribution in [3.8, 4) is 5.75 Å². The number of nitrogens with two attached hydrogens (primary N) is 1. The molecule has 4 aromatic rings. The van der Waals surface area contributed by atoms with Crippen LogP contribution in [-0.2, 0) is 6.54 Å².